The molecule has 2 N–H and O–H groups in total. The summed E-state index contributed by atoms with van der Waals surface area (Å²) >= 11 is 4.92. The second-order valence-electron chi connectivity index (χ2n) is 4.64. The molecular weight excluding hydrogens is 374 g/mol. The van der Waals surface area contributed by atoms with E-state index in [-0.39, 0.29) is 11.5 Å². The molecule has 0 aliphatic rings. The number of halogens is 1. The smallest absolute Gasteiger partial charge is 0.240 e. The van der Waals surface area contributed by atoms with Gasteiger partial charge in [-0.05, 0) is 59.0 Å². The number of aliphatic hydroxyl groups is 1. The predicted molar refractivity (Wildman–Crippen MR) is 88.0 cm³/mol. The summed E-state index contributed by atoms with van der Waals surface area (Å²) < 4.78 is 28.1. The Bertz CT molecular complexity index is 712. The lowest BCUT2D eigenvalue weighted by Gasteiger charge is -2.12. The molecule has 0 saturated carbocycles. The highest BCUT2D eigenvalue weighted by Gasteiger charge is 2.19. The average molecular weight is 390 g/mol. The minimum Gasteiger partial charge on any atom is -0.392 e. The Labute approximate surface area is 137 Å². The van der Waals surface area contributed by atoms with E-state index in [9.17, 15) is 13.5 Å². The maximum absolute atomic E-state index is 12.4. The number of hydrogen-bond acceptors (Lipinski definition) is 4. The van der Waals surface area contributed by atoms with Crippen molar-refractivity contribution >= 4 is 37.3 Å². The van der Waals surface area contributed by atoms with Crippen molar-refractivity contribution in [3.63, 3.8) is 0 Å². The fraction of sp³-hybridized carbons (Fsp3) is 0.286. The number of aliphatic hydroxyl groups excluding tert-OH is 1. The Balaban J connectivity index is 2.17. The lowest BCUT2D eigenvalue weighted by atomic mass is 10.2. The van der Waals surface area contributed by atoms with Crippen molar-refractivity contribution in [3.8, 4) is 0 Å². The van der Waals surface area contributed by atoms with E-state index in [4.69, 9.17) is 0 Å². The molecule has 4 nitrogen and oxygen atoms in total. The van der Waals surface area contributed by atoms with Crippen LogP contribution in [0.15, 0.2) is 38.3 Å². The first kappa shape index (κ1) is 16.6. The summed E-state index contributed by atoms with van der Waals surface area (Å²) in [5, 5.41) is 13.2. The van der Waals surface area contributed by atoms with Gasteiger partial charge in [0.2, 0.25) is 10.0 Å². The highest BCUT2D eigenvalue weighted by atomic mass is 79.9. The van der Waals surface area contributed by atoms with Crippen molar-refractivity contribution in [2.75, 3.05) is 6.54 Å². The Kier molecular flexibility index (Phi) is 5.56. The molecule has 0 unspecified atom stereocenters. The highest BCUT2D eigenvalue weighted by Crippen LogP contribution is 2.25. The van der Waals surface area contributed by atoms with Gasteiger partial charge in [-0.3, -0.25) is 0 Å². The average Bonchev–Trinajstić information content (AvgIpc) is 2.94. The number of benzene rings is 1. The molecule has 0 fully saturated rings. The zero-order chi connectivity index (χ0) is 15.5. The normalized spacial score (nSPS) is 11.8. The third kappa shape index (κ3) is 4.14. The van der Waals surface area contributed by atoms with E-state index in [0.29, 0.717) is 28.6 Å². The van der Waals surface area contributed by atoms with Crippen molar-refractivity contribution in [1.29, 1.82) is 0 Å². The Morgan fingerprint density at radius 2 is 2.10 bits per heavy atom. The van der Waals surface area contributed by atoms with E-state index in [2.05, 4.69) is 20.7 Å². The van der Waals surface area contributed by atoms with Crippen molar-refractivity contribution < 1.29 is 13.5 Å². The summed E-state index contributed by atoms with van der Waals surface area (Å²) in [6.45, 7) is 1.88. The molecular formula is C14H16BrNO3S2. The number of hydrogen-bond donors (Lipinski definition) is 2. The monoisotopic (exact) mass is 389 g/mol. The first-order valence-corrected chi connectivity index (χ1v) is 9.56. The first-order chi connectivity index (χ1) is 9.94. The van der Waals surface area contributed by atoms with Gasteiger partial charge in [-0.15, -0.1) is 0 Å². The van der Waals surface area contributed by atoms with Crippen LogP contribution in [0.4, 0.5) is 0 Å². The van der Waals surface area contributed by atoms with Gasteiger partial charge in [-0.2, -0.15) is 11.3 Å². The van der Waals surface area contributed by atoms with Crippen LogP contribution in [-0.4, -0.2) is 20.1 Å². The predicted octanol–water partition coefficient (Wildman–Crippen LogP) is 2.83. The molecule has 114 valence electrons. The van der Waals surface area contributed by atoms with Gasteiger partial charge >= 0.3 is 0 Å². The second-order valence-corrected chi connectivity index (χ2v) is 8.01. The molecule has 2 rings (SSSR count). The van der Waals surface area contributed by atoms with Crippen LogP contribution in [0, 0.1) is 6.92 Å². The van der Waals surface area contributed by atoms with E-state index in [1.54, 1.807) is 24.3 Å². The van der Waals surface area contributed by atoms with Crippen LogP contribution in [-0.2, 0) is 23.1 Å². The Hall–Kier alpha value is -0.730. The fourth-order valence-corrected chi connectivity index (χ4v) is 4.61. The summed E-state index contributed by atoms with van der Waals surface area (Å²) in [6.07, 6.45) is 0.655. The van der Waals surface area contributed by atoms with Crippen LogP contribution in [0.2, 0.25) is 0 Å². The van der Waals surface area contributed by atoms with Gasteiger partial charge in [0.25, 0.3) is 0 Å². The molecule has 0 spiro atoms. The Morgan fingerprint density at radius 3 is 2.71 bits per heavy atom. The number of nitrogens with one attached hydrogen (secondary N) is 1. The van der Waals surface area contributed by atoms with Crippen LogP contribution in [0.3, 0.4) is 0 Å². The van der Waals surface area contributed by atoms with E-state index < -0.39 is 10.0 Å². The third-order valence-electron chi connectivity index (χ3n) is 3.11. The number of sulfonamides is 1. The van der Waals surface area contributed by atoms with E-state index in [1.165, 1.54) is 6.07 Å². The van der Waals surface area contributed by atoms with Crippen molar-refractivity contribution in [1.82, 2.24) is 4.72 Å². The van der Waals surface area contributed by atoms with Gasteiger partial charge in [0.05, 0.1) is 11.5 Å². The largest absolute Gasteiger partial charge is 0.392 e. The minimum absolute atomic E-state index is 0.198. The topological polar surface area (TPSA) is 66.4 Å². The van der Waals surface area contributed by atoms with Gasteiger partial charge in [-0.1, -0.05) is 15.9 Å². The standard InChI is InChI=1S/C14H16BrNO3S2/c1-10-13(15)6-12(8-17)7-14(10)21(18,19)16-4-2-11-3-5-20-9-11/h3,5-7,9,16-17H,2,4,8H2,1H3. The zero-order valence-electron chi connectivity index (χ0n) is 11.5. The Morgan fingerprint density at radius 1 is 1.33 bits per heavy atom. The van der Waals surface area contributed by atoms with Crippen LogP contribution in [0.1, 0.15) is 16.7 Å². The summed E-state index contributed by atoms with van der Waals surface area (Å²) in [6, 6.07) is 5.21. The third-order valence-corrected chi connectivity index (χ3v) is 6.26. The van der Waals surface area contributed by atoms with E-state index in [0.717, 1.165) is 5.56 Å². The SMILES string of the molecule is Cc1c(Br)cc(CO)cc1S(=O)(=O)NCCc1ccsc1. The molecule has 1 aromatic heterocycles. The van der Waals surface area contributed by atoms with Crippen LogP contribution >= 0.6 is 27.3 Å². The van der Waals surface area contributed by atoms with Crippen LogP contribution in [0.5, 0.6) is 0 Å². The molecule has 0 atom stereocenters. The molecule has 0 bridgehead atoms. The molecule has 0 aliphatic carbocycles. The zero-order valence-corrected chi connectivity index (χ0v) is 14.7. The molecule has 1 aromatic carbocycles. The van der Waals surface area contributed by atoms with Crippen molar-refractivity contribution in [2.45, 2.75) is 24.8 Å². The maximum Gasteiger partial charge on any atom is 0.240 e. The molecule has 0 saturated heterocycles. The van der Waals surface area contributed by atoms with Gasteiger partial charge in [0, 0.05) is 11.0 Å². The maximum atomic E-state index is 12.4. The quantitative estimate of drug-likeness (QED) is 0.797. The minimum atomic E-state index is -3.59. The highest BCUT2D eigenvalue weighted by molar-refractivity contribution is 9.10. The molecule has 0 radical (unpaired) electrons. The molecule has 7 heteroatoms. The van der Waals surface area contributed by atoms with Crippen LogP contribution in [0.25, 0.3) is 0 Å². The van der Waals surface area contributed by atoms with Gasteiger partial charge in [0.1, 0.15) is 0 Å². The summed E-state index contributed by atoms with van der Waals surface area (Å²) in [5.41, 5.74) is 2.31. The molecule has 21 heavy (non-hydrogen) atoms. The second kappa shape index (κ2) is 7.02. The number of thiophene rings is 1. The van der Waals surface area contributed by atoms with Gasteiger partial charge in [0.15, 0.2) is 0 Å². The van der Waals surface area contributed by atoms with Crippen molar-refractivity contribution in [3.05, 3.63) is 50.1 Å². The summed E-state index contributed by atoms with van der Waals surface area (Å²) in [5.74, 6) is 0. The van der Waals surface area contributed by atoms with Gasteiger partial charge < -0.3 is 5.11 Å². The summed E-state index contributed by atoms with van der Waals surface area (Å²) in [4.78, 5) is 0.200. The van der Waals surface area contributed by atoms with E-state index in [1.807, 2.05) is 16.8 Å². The lowest BCUT2D eigenvalue weighted by molar-refractivity contribution is 0.281. The number of rotatable bonds is 6. The fourth-order valence-electron chi connectivity index (χ4n) is 1.92. The van der Waals surface area contributed by atoms with Crippen molar-refractivity contribution in [2.24, 2.45) is 0 Å². The molecule has 2 aromatic rings. The molecule has 0 aliphatic heterocycles. The molecule has 0 amide bonds. The van der Waals surface area contributed by atoms with Gasteiger partial charge in [-0.25, -0.2) is 13.1 Å². The van der Waals surface area contributed by atoms with Crippen LogP contribution < -0.4 is 4.72 Å². The lowest BCUT2D eigenvalue weighted by Crippen LogP contribution is -2.26. The summed E-state index contributed by atoms with van der Waals surface area (Å²) in [7, 11) is -3.59. The van der Waals surface area contributed by atoms with E-state index >= 15 is 0 Å². The molecule has 1 heterocycles. The first-order valence-electron chi connectivity index (χ1n) is 6.34.